The molecule has 0 saturated heterocycles. The van der Waals surface area contributed by atoms with Gasteiger partial charge in [-0.2, -0.15) is 0 Å². The molecule has 0 aliphatic heterocycles. The van der Waals surface area contributed by atoms with Gasteiger partial charge in [-0.15, -0.1) is 0 Å². The zero-order valence-corrected chi connectivity index (χ0v) is 11.1. The fraction of sp³-hybridized carbons (Fsp3) is 0. The Labute approximate surface area is 119 Å². The van der Waals surface area contributed by atoms with E-state index in [0.29, 0.717) is 10.3 Å². The standard InChI is InChI=1S/C14H11N3O2S/c18-10-3-1-8(13(19)6-10)7-15-9-2-4-11-12(5-9)17-14(20)16-11/h1-7,18-19H,(H2,16,17,20). The largest absolute Gasteiger partial charge is 0.508 e. The van der Waals surface area contributed by atoms with Crippen LogP contribution < -0.4 is 0 Å². The molecule has 1 aromatic heterocycles. The Kier molecular flexibility index (Phi) is 3.00. The van der Waals surface area contributed by atoms with Crippen LogP contribution in [0.5, 0.6) is 11.5 Å². The van der Waals surface area contributed by atoms with Gasteiger partial charge in [0, 0.05) is 17.8 Å². The Hall–Kier alpha value is -2.60. The van der Waals surface area contributed by atoms with Gasteiger partial charge in [0.25, 0.3) is 0 Å². The van der Waals surface area contributed by atoms with Crippen molar-refractivity contribution in [1.29, 1.82) is 0 Å². The van der Waals surface area contributed by atoms with Crippen LogP contribution >= 0.6 is 12.2 Å². The number of nitrogens with zero attached hydrogens (tertiary/aromatic N) is 1. The van der Waals surface area contributed by atoms with Crippen molar-refractivity contribution in [1.82, 2.24) is 9.97 Å². The Morgan fingerprint density at radius 3 is 2.60 bits per heavy atom. The molecule has 20 heavy (non-hydrogen) atoms. The van der Waals surface area contributed by atoms with Crippen LogP contribution in [0.3, 0.4) is 0 Å². The number of nitrogens with one attached hydrogen (secondary N) is 2. The number of fused-ring (bicyclic) bond motifs is 1. The third kappa shape index (κ3) is 2.41. The van der Waals surface area contributed by atoms with Crippen LogP contribution in [0.25, 0.3) is 11.0 Å². The number of imidazole rings is 1. The van der Waals surface area contributed by atoms with E-state index in [1.165, 1.54) is 18.3 Å². The van der Waals surface area contributed by atoms with E-state index in [9.17, 15) is 10.2 Å². The minimum absolute atomic E-state index is 0.0148. The lowest BCUT2D eigenvalue weighted by Gasteiger charge is -1.99. The van der Waals surface area contributed by atoms with E-state index >= 15 is 0 Å². The third-order valence-corrected chi connectivity index (χ3v) is 3.07. The van der Waals surface area contributed by atoms with Crippen LogP contribution in [0.1, 0.15) is 5.56 Å². The molecule has 100 valence electrons. The molecule has 0 amide bonds. The maximum absolute atomic E-state index is 9.67. The monoisotopic (exact) mass is 285 g/mol. The second kappa shape index (κ2) is 4.82. The number of rotatable bonds is 2. The number of benzene rings is 2. The minimum atomic E-state index is -0.0177. The Morgan fingerprint density at radius 2 is 1.80 bits per heavy atom. The minimum Gasteiger partial charge on any atom is -0.508 e. The summed E-state index contributed by atoms with van der Waals surface area (Å²) in [7, 11) is 0. The highest BCUT2D eigenvalue weighted by atomic mass is 32.1. The fourth-order valence-electron chi connectivity index (χ4n) is 1.89. The summed E-state index contributed by atoms with van der Waals surface area (Å²) in [6, 6.07) is 9.94. The van der Waals surface area contributed by atoms with Crippen molar-refractivity contribution in [3.05, 3.63) is 46.7 Å². The van der Waals surface area contributed by atoms with Crippen LogP contribution in [-0.4, -0.2) is 26.4 Å². The highest BCUT2D eigenvalue weighted by Gasteiger charge is 2.00. The fourth-order valence-corrected chi connectivity index (χ4v) is 2.11. The highest BCUT2D eigenvalue weighted by molar-refractivity contribution is 7.71. The molecule has 0 radical (unpaired) electrons. The molecule has 3 rings (SSSR count). The van der Waals surface area contributed by atoms with E-state index in [-0.39, 0.29) is 11.5 Å². The SMILES string of the molecule is Oc1ccc(C=Nc2ccc3[nH]c(=S)[nH]c3c2)c(O)c1. The van der Waals surface area contributed by atoms with Gasteiger partial charge in [0.05, 0.1) is 16.7 Å². The Balaban J connectivity index is 1.95. The van der Waals surface area contributed by atoms with Crippen LogP contribution in [0.4, 0.5) is 5.69 Å². The summed E-state index contributed by atoms with van der Waals surface area (Å²) in [6.07, 6.45) is 1.54. The number of aromatic amines is 2. The van der Waals surface area contributed by atoms with Crippen LogP contribution in [0.2, 0.25) is 0 Å². The number of phenols is 2. The molecule has 0 aliphatic rings. The van der Waals surface area contributed by atoms with E-state index in [2.05, 4.69) is 15.0 Å². The molecule has 6 heteroatoms. The molecule has 2 aromatic carbocycles. The normalized spacial score (nSPS) is 11.4. The first kappa shape index (κ1) is 12.4. The molecule has 0 fully saturated rings. The van der Waals surface area contributed by atoms with Crippen LogP contribution in [0, 0.1) is 4.77 Å². The number of H-pyrrole nitrogens is 2. The van der Waals surface area contributed by atoms with Gasteiger partial charge >= 0.3 is 0 Å². The van der Waals surface area contributed by atoms with Crippen molar-refractivity contribution >= 4 is 35.2 Å². The Morgan fingerprint density at radius 1 is 1.00 bits per heavy atom. The van der Waals surface area contributed by atoms with E-state index in [1.54, 1.807) is 6.07 Å². The van der Waals surface area contributed by atoms with Crippen molar-refractivity contribution in [2.45, 2.75) is 0 Å². The van der Waals surface area contributed by atoms with E-state index in [0.717, 1.165) is 16.7 Å². The van der Waals surface area contributed by atoms with Crippen molar-refractivity contribution in [3.63, 3.8) is 0 Å². The molecule has 0 aliphatic carbocycles. The van der Waals surface area contributed by atoms with Gasteiger partial charge in [-0.3, -0.25) is 4.99 Å². The molecule has 1 heterocycles. The molecule has 0 spiro atoms. The number of phenolic OH excluding ortho intramolecular Hbond substituents is 2. The van der Waals surface area contributed by atoms with Gasteiger partial charge in [-0.1, -0.05) is 0 Å². The molecule has 5 nitrogen and oxygen atoms in total. The molecule has 0 atom stereocenters. The maximum Gasteiger partial charge on any atom is 0.175 e. The number of hydrogen-bond donors (Lipinski definition) is 4. The van der Waals surface area contributed by atoms with Crippen LogP contribution in [-0.2, 0) is 0 Å². The van der Waals surface area contributed by atoms with E-state index in [4.69, 9.17) is 12.2 Å². The number of aliphatic imine (C=N–C) groups is 1. The van der Waals surface area contributed by atoms with Gasteiger partial charge in [-0.25, -0.2) is 0 Å². The van der Waals surface area contributed by atoms with Crippen molar-refractivity contribution in [3.8, 4) is 11.5 Å². The maximum atomic E-state index is 9.67. The summed E-state index contributed by atoms with van der Waals surface area (Å²) in [6.45, 7) is 0. The summed E-state index contributed by atoms with van der Waals surface area (Å²) in [4.78, 5) is 10.3. The van der Waals surface area contributed by atoms with Crippen molar-refractivity contribution < 1.29 is 10.2 Å². The number of hydrogen-bond acceptors (Lipinski definition) is 4. The van der Waals surface area contributed by atoms with Gasteiger partial charge in [0.1, 0.15) is 11.5 Å². The molecular formula is C14H11N3O2S. The summed E-state index contributed by atoms with van der Waals surface area (Å²) in [5, 5.41) is 18.9. The zero-order chi connectivity index (χ0) is 14.1. The second-order valence-electron chi connectivity index (χ2n) is 4.31. The Bertz CT molecular complexity index is 864. The first-order valence-corrected chi connectivity index (χ1v) is 6.31. The molecule has 0 saturated carbocycles. The highest BCUT2D eigenvalue weighted by Crippen LogP contribution is 2.23. The zero-order valence-electron chi connectivity index (χ0n) is 10.3. The smallest absolute Gasteiger partial charge is 0.175 e. The third-order valence-electron chi connectivity index (χ3n) is 2.87. The van der Waals surface area contributed by atoms with Gasteiger partial charge in [-0.05, 0) is 42.5 Å². The van der Waals surface area contributed by atoms with Gasteiger partial charge in [0.15, 0.2) is 4.77 Å². The van der Waals surface area contributed by atoms with Crippen LogP contribution in [0.15, 0.2) is 41.4 Å². The van der Waals surface area contributed by atoms with Crippen molar-refractivity contribution in [2.24, 2.45) is 4.99 Å². The quantitative estimate of drug-likeness (QED) is 0.430. The first-order valence-electron chi connectivity index (χ1n) is 5.90. The molecular weight excluding hydrogens is 274 g/mol. The summed E-state index contributed by atoms with van der Waals surface area (Å²) in [5.74, 6) is -0.00292. The topological polar surface area (TPSA) is 84.4 Å². The summed E-state index contributed by atoms with van der Waals surface area (Å²) < 4.78 is 0.567. The van der Waals surface area contributed by atoms with Gasteiger partial charge in [0.2, 0.25) is 0 Å². The first-order chi connectivity index (χ1) is 9.61. The lowest BCUT2D eigenvalue weighted by molar-refractivity contribution is 0.450. The molecule has 3 aromatic rings. The predicted molar refractivity (Wildman–Crippen MR) is 80.5 cm³/mol. The second-order valence-corrected chi connectivity index (χ2v) is 4.72. The predicted octanol–water partition coefficient (Wildman–Crippen LogP) is 3.39. The summed E-state index contributed by atoms with van der Waals surface area (Å²) in [5.41, 5.74) is 3.06. The number of aromatic nitrogens is 2. The lowest BCUT2D eigenvalue weighted by Crippen LogP contribution is -1.81. The summed E-state index contributed by atoms with van der Waals surface area (Å²) >= 11 is 5.02. The molecule has 0 unspecified atom stereocenters. The van der Waals surface area contributed by atoms with E-state index < -0.39 is 0 Å². The van der Waals surface area contributed by atoms with Crippen molar-refractivity contribution in [2.75, 3.05) is 0 Å². The number of aromatic hydroxyl groups is 2. The van der Waals surface area contributed by atoms with Gasteiger partial charge < -0.3 is 20.2 Å². The average Bonchev–Trinajstić information content (AvgIpc) is 2.77. The van der Waals surface area contributed by atoms with E-state index in [1.807, 2.05) is 18.2 Å². The average molecular weight is 285 g/mol. The molecule has 0 bridgehead atoms. The lowest BCUT2D eigenvalue weighted by atomic mass is 10.2. The molecule has 4 N–H and O–H groups in total.